The molecular weight excluding hydrogens is 360 g/mol. The number of hydrogen-bond acceptors (Lipinski definition) is 3. The van der Waals surface area contributed by atoms with E-state index in [2.05, 4.69) is 36.8 Å². The third-order valence-electron chi connectivity index (χ3n) is 2.59. The van der Waals surface area contributed by atoms with Crippen molar-refractivity contribution in [2.24, 2.45) is 0 Å². The molecule has 3 aromatic rings. The largest absolute Gasteiger partial charge is 0.434 e. The van der Waals surface area contributed by atoms with Crippen LogP contribution in [0.2, 0.25) is 0 Å². The number of benzene rings is 2. The van der Waals surface area contributed by atoms with Gasteiger partial charge >= 0.3 is 0 Å². The number of rotatable bonds is 1. The van der Waals surface area contributed by atoms with Crippen molar-refractivity contribution in [3.8, 4) is 11.5 Å². The molecule has 0 saturated carbocycles. The Morgan fingerprint density at radius 3 is 2.67 bits per heavy atom. The number of oxazole rings is 1. The van der Waals surface area contributed by atoms with Crippen LogP contribution in [0.1, 0.15) is 0 Å². The van der Waals surface area contributed by atoms with Crippen molar-refractivity contribution in [3.05, 3.63) is 45.3 Å². The summed E-state index contributed by atoms with van der Waals surface area (Å²) in [6.07, 6.45) is 0. The molecule has 0 aliphatic heterocycles. The molecule has 0 spiro atoms. The fourth-order valence-corrected chi connectivity index (χ4v) is 2.69. The van der Waals surface area contributed by atoms with Gasteiger partial charge in [-0.25, -0.2) is 4.98 Å². The second kappa shape index (κ2) is 4.40. The van der Waals surface area contributed by atoms with Crippen molar-refractivity contribution in [1.29, 1.82) is 0 Å². The van der Waals surface area contributed by atoms with E-state index in [1.54, 1.807) is 6.07 Å². The molecule has 5 heteroatoms. The minimum atomic E-state index is 0.558. The first-order valence-electron chi connectivity index (χ1n) is 5.25. The number of nitrogen functional groups attached to an aromatic ring is 1. The van der Waals surface area contributed by atoms with Crippen LogP contribution >= 0.6 is 31.9 Å². The van der Waals surface area contributed by atoms with Crippen molar-refractivity contribution in [1.82, 2.24) is 4.98 Å². The lowest BCUT2D eigenvalue weighted by molar-refractivity contribution is 0.620. The minimum absolute atomic E-state index is 0.558. The van der Waals surface area contributed by atoms with E-state index in [0.717, 1.165) is 20.0 Å². The van der Waals surface area contributed by atoms with E-state index in [1.807, 2.05) is 30.3 Å². The first-order chi connectivity index (χ1) is 8.65. The predicted molar refractivity (Wildman–Crippen MR) is 79.3 cm³/mol. The first-order valence-corrected chi connectivity index (χ1v) is 6.84. The van der Waals surface area contributed by atoms with Crippen LogP contribution in [-0.4, -0.2) is 4.98 Å². The smallest absolute Gasteiger partial charge is 0.228 e. The number of hydrogen-bond donors (Lipinski definition) is 1. The Balaban J connectivity index is 2.26. The molecule has 0 saturated heterocycles. The zero-order chi connectivity index (χ0) is 12.7. The topological polar surface area (TPSA) is 52.0 Å². The third-order valence-corrected chi connectivity index (χ3v) is 3.74. The molecule has 0 atom stereocenters. The van der Waals surface area contributed by atoms with E-state index < -0.39 is 0 Å². The lowest BCUT2D eigenvalue weighted by Gasteiger charge is -1.97. The Kier molecular flexibility index (Phi) is 2.87. The fourth-order valence-electron chi connectivity index (χ4n) is 1.77. The number of anilines is 1. The summed E-state index contributed by atoms with van der Waals surface area (Å²) in [6, 6.07) is 11.5. The molecular formula is C13H8Br2N2O. The Labute approximate surface area is 120 Å². The van der Waals surface area contributed by atoms with E-state index in [9.17, 15) is 0 Å². The fraction of sp³-hybridized carbons (Fsp3) is 0. The SMILES string of the molecule is Nc1cc(Br)cc2nc(-c3ccccc3Br)oc12. The Morgan fingerprint density at radius 2 is 1.89 bits per heavy atom. The van der Waals surface area contributed by atoms with Crippen LogP contribution < -0.4 is 5.73 Å². The van der Waals surface area contributed by atoms with Crippen LogP contribution in [0.3, 0.4) is 0 Å². The maximum absolute atomic E-state index is 5.91. The quantitative estimate of drug-likeness (QED) is 0.639. The lowest BCUT2D eigenvalue weighted by atomic mass is 10.2. The number of halogens is 2. The van der Waals surface area contributed by atoms with Crippen LogP contribution in [-0.2, 0) is 0 Å². The van der Waals surface area contributed by atoms with Crippen molar-refractivity contribution >= 4 is 48.6 Å². The summed E-state index contributed by atoms with van der Waals surface area (Å²) >= 11 is 6.87. The highest BCUT2D eigenvalue weighted by Gasteiger charge is 2.13. The zero-order valence-corrected chi connectivity index (χ0v) is 12.3. The highest BCUT2D eigenvalue weighted by atomic mass is 79.9. The van der Waals surface area contributed by atoms with Gasteiger partial charge in [-0.2, -0.15) is 0 Å². The van der Waals surface area contributed by atoms with Crippen LogP contribution in [0.15, 0.2) is 49.8 Å². The van der Waals surface area contributed by atoms with E-state index in [0.29, 0.717) is 17.2 Å². The molecule has 1 aromatic heterocycles. The average Bonchev–Trinajstić information content (AvgIpc) is 2.73. The molecule has 0 unspecified atom stereocenters. The molecule has 90 valence electrons. The molecule has 2 aromatic carbocycles. The van der Waals surface area contributed by atoms with Crippen LogP contribution in [0, 0.1) is 0 Å². The van der Waals surface area contributed by atoms with Crippen molar-refractivity contribution in [2.75, 3.05) is 5.73 Å². The van der Waals surface area contributed by atoms with Gasteiger partial charge in [0.2, 0.25) is 5.89 Å². The summed E-state index contributed by atoms with van der Waals surface area (Å²) in [5.74, 6) is 0.558. The summed E-state index contributed by atoms with van der Waals surface area (Å²) in [5, 5.41) is 0. The third kappa shape index (κ3) is 1.93. The highest BCUT2D eigenvalue weighted by Crippen LogP contribution is 2.33. The first kappa shape index (κ1) is 11.7. The van der Waals surface area contributed by atoms with Gasteiger partial charge in [-0.05, 0) is 40.2 Å². The second-order valence-electron chi connectivity index (χ2n) is 3.84. The Morgan fingerprint density at radius 1 is 1.11 bits per heavy atom. The Bertz CT molecular complexity index is 737. The van der Waals surface area contributed by atoms with Crippen LogP contribution in [0.25, 0.3) is 22.6 Å². The average molecular weight is 368 g/mol. The molecule has 18 heavy (non-hydrogen) atoms. The molecule has 0 aliphatic rings. The van der Waals surface area contributed by atoms with Crippen LogP contribution in [0.5, 0.6) is 0 Å². The van der Waals surface area contributed by atoms with Gasteiger partial charge in [0.25, 0.3) is 0 Å². The van der Waals surface area contributed by atoms with E-state index in [4.69, 9.17) is 10.2 Å². The summed E-state index contributed by atoms with van der Waals surface area (Å²) in [6.45, 7) is 0. The van der Waals surface area contributed by atoms with Crippen molar-refractivity contribution < 1.29 is 4.42 Å². The monoisotopic (exact) mass is 366 g/mol. The molecule has 1 heterocycles. The van der Waals surface area contributed by atoms with Gasteiger partial charge in [-0.1, -0.05) is 28.1 Å². The lowest BCUT2D eigenvalue weighted by Crippen LogP contribution is -1.84. The van der Waals surface area contributed by atoms with Gasteiger partial charge in [0.1, 0.15) is 5.52 Å². The maximum Gasteiger partial charge on any atom is 0.228 e. The summed E-state index contributed by atoms with van der Waals surface area (Å²) in [5.41, 5.74) is 8.75. The van der Waals surface area contributed by atoms with Gasteiger partial charge in [-0.3, -0.25) is 0 Å². The van der Waals surface area contributed by atoms with Crippen LogP contribution in [0.4, 0.5) is 5.69 Å². The van der Waals surface area contributed by atoms with E-state index in [-0.39, 0.29) is 0 Å². The standard InChI is InChI=1S/C13H8Br2N2O/c14-7-5-10(16)12-11(6-7)17-13(18-12)8-3-1-2-4-9(8)15/h1-6H,16H2. The second-order valence-corrected chi connectivity index (χ2v) is 5.61. The molecule has 3 rings (SSSR count). The normalized spacial score (nSPS) is 11.0. The number of aromatic nitrogens is 1. The molecule has 0 radical (unpaired) electrons. The molecule has 0 aliphatic carbocycles. The Hall–Kier alpha value is -1.33. The van der Waals surface area contributed by atoms with E-state index >= 15 is 0 Å². The molecule has 0 amide bonds. The number of nitrogens with two attached hydrogens (primary N) is 1. The summed E-state index contributed by atoms with van der Waals surface area (Å²) in [7, 11) is 0. The van der Waals surface area contributed by atoms with Gasteiger partial charge in [0, 0.05) is 8.95 Å². The van der Waals surface area contributed by atoms with Crippen molar-refractivity contribution in [2.45, 2.75) is 0 Å². The number of nitrogens with zero attached hydrogens (tertiary/aromatic N) is 1. The highest BCUT2D eigenvalue weighted by molar-refractivity contribution is 9.10. The zero-order valence-electron chi connectivity index (χ0n) is 9.15. The van der Waals surface area contributed by atoms with Crippen molar-refractivity contribution in [3.63, 3.8) is 0 Å². The van der Waals surface area contributed by atoms with Gasteiger partial charge < -0.3 is 10.2 Å². The summed E-state index contributed by atoms with van der Waals surface area (Å²) < 4.78 is 7.56. The summed E-state index contributed by atoms with van der Waals surface area (Å²) in [4.78, 5) is 4.46. The maximum atomic E-state index is 5.91. The van der Waals surface area contributed by atoms with Gasteiger partial charge in [0.05, 0.1) is 11.3 Å². The van der Waals surface area contributed by atoms with E-state index in [1.165, 1.54) is 0 Å². The van der Waals surface area contributed by atoms with Gasteiger partial charge in [0.15, 0.2) is 5.58 Å². The minimum Gasteiger partial charge on any atom is -0.434 e. The molecule has 0 fully saturated rings. The predicted octanol–water partition coefficient (Wildman–Crippen LogP) is 4.60. The molecule has 3 nitrogen and oxygen atoms in total. The number of fused-ring (bicyclic) bond motifs is 1. The van der Waals surface area contributed by atoms with Gasteiger partial charge in [-0.15, -0.1) is 0 Å². The molecule has 0 bridgehead atoms. The molecule has 2 N–H and O–H groups in total.